The Labute approximate surface area is 254 Å². The van der Waals surface area contributed by atoms with Crippen molar-refractivity contribution in [1.82, 2.24) is 15.1 Å². The number of fused-ring (bicyclic) bond motifs is 1. The molecule has 1 spiro atoms. The molecule has 4 aliphatic heterocycles. The maximum atomic E-state index is 14.4. The summed E-state index contributed by atoms with van der Waals surface area (Å²) in [7, 11) is 0. The minimum atomic E-state index is -1.16. The summed E-state index contributed by atoms with van der Waals surface area (Å²) in [5.41, 5.74) is -0.585. The largest absolute Gasteiger partial charge is 0.359 e. The molecule has 9 heteroatoms. The first-order chi connectivity index (χ1) is 20.2. The van der Waals surface area contributed by atoms with Gasteiger partial charge in [0.05, 0.1) is 17.9 Å². The molecule has 1 aromatic carbocycles. The lowest BCUT2D eigenvalue weighted by Gasteiger charge is -2.39. The van der Waals surface area contributed by atoms with E-state index < -0.39 is 29.6 Å². The van der Waals surface area contributed by atoms with Crippen LogP contribution in [0.1, 0.15) is 65.7 Å². The summed E-state index contributed by atoms with van der Waals surface area (Å²) < 4.78 is 6.55. The van der Waals surface area contributed by atoms with Crippen LogP contribution >= 0.6 is 11.6 Å². The Morgan fingerprint density at radius 3 is 2.71 bits per heavy atom. The molecule has 0 aromatic heterocycles. The summed E-state index contributed by atoms with van der Waals surface area (Å²) in [5.74, 6) is -1.22. The molecule has 6 rings (SSSR count). The number of piperidine rings is 1. The number of rotatable bonds is 8. The van der Waals surface area contributed by atoms with Crippen LogP contribution in [0.4, 0.5) is 5.69 Å². The van der Waals surface area contributed by atoms with E-state index in [0.29, 0.717) is 41.7 Å². The molecular formula is C33H45ClN4O4. The maximum absolute atomic E-state index is 14.4. The fourth-order valence-corrected chi connectivity index (χ4v) is 8.59. The number of benzene rings is 1. The van der Waals surface area contributed by atoms with Crippen molar-refractivity contribution in [2.24, 2.45) is 23.7 Å². The molecule has 3 amide bonds. The van der Waals surface area contributed by atoms with E-state index in [9.17, 15) is 14.4 Å². The van der Waals surface area contributed by atoms with Crippen molar-refractivity contribution in [3.05, 3.63) is 41.4 Å². The van der Waals surface area contributed by atoms with Gasteiger partial charge in [-0.3, -0.25) is 19.3 Å². The highest BCUT2D eigenvalue weighted by molar-refractivity contribution is 6.30. The summed E-state index contributed by atoms with van der Waals surface area (Å²) in [6, 6.07) is 6.73. The van der Waals surface area contributed by atoms with E-state index in [1.807, 2.05) is 12.2 Å². The van der Waals surface area contributed by atoms with E-state index in [2.05, 4.69) is 36.3 Å². The number of carbonyl (C=O) groups is 3. The summed E-state index contributed by atoms with van der Waals surface area (Å²) >= 11 is 6.16. The molecule has 1 aromatic rings. The van der Waals surface area contributed by atoms with Gasteiger partial charge in [0, 0.05) is 35.9 Å². The topological polar surface area (TPSA) is 91.0 Å². The van der Waals surface area contributed by atoms with Crippen molar-refractivity contribution in [1.29, 1.82) is 0 Å². The summed E-state index contributed by atoms with van der Waals surface area (Å²) in [6.07, 6.45) is 11.0. The molecule has 2 bridgehead atoms. The van der Waals surface area contributed by atoms with Crippen molar-refractivity contribution < 1.29 is 19.1 Å². The third-order valence-corrected chi connectivity index (χ3v) is 11.1. The minimum absolute atomic E-state index is 0.0599. The molecule has 8 nitrogen and oxygen atoms in total. The number of likely N-dealkylation sites (tertiary alicyclic amines) is 2. The van der Waals surface area contributed by atoms with E-state index >= 15 is 0 Å². The number of amides is 3. The van der Waals surface area contributed by atoms with Crippen LogP contribution in [0.5, 0.6) is 0 Å². The lowest BCUT2D eigenvalue weighted by atomic mass is 9.73. The molecule has 9 atom stereocenters. The van der Waals surface area contributed by atoms with Crippen LogP contribution in [0.15, 0.2) is 36.4 Å². The first kappa shape index (κ1) is 29.6. The van der Waals surface area contributed by atoms with Crippen molar-refractivity contribution in [3.63, 3.8) is 0 Å². The van der Waals surface area contributed by atoms with Gasteiger partial charge in [-0.25, -0.2) is 0 Å². The molecule has 0 unspecified atom stereocenters. The second-order valence-corrected chi connectivity index (χ2v) is 13.6. The second-order valence-electron chi connectivity index (χ2n) is 13.2. The Morgan fingerprint density at radius 2 is 1.93 bits per heavy atom. The van der Waals surface area contributed by atoms with Crippen LogP contribution in [0.25, 0.3) is 0 Å². The Bertz CT molecular complexity index is 1240. The second kappa shape index (κ2) is 11.9. The molecule has 5 aliphatic rings. The van der Waals surface area contributed by atoms with E-state index in [1.165, 1.54) is 12.8 Å². The molecule has 4 heterocycles. The van der Waals surface area contributed by atoms with Crippen LogP contribution in [0, 0.1) is 23.7 Å². The Kier molecular flexibility index (Phi) is 8.42. The molecule has 3 saturated heterocycles. The number of nitrogens with zero attached hydrogens (tertiary/aromatic N) is 2. The normalized spacial score (nSPS) is 37.6. The van der Waals surface area contributed by atoms with E-state index in [1.54, 1.807) is 29.2 Å². The average Bonchev–Trinajstić information content (AvgIpc) is 3.61. The zero-order valence-electron chi connectivity index (χ0n) is 25.1. The summed E-state index contributed by atoms with van der Waals surface area (Å²) in [5, 5.41) is 6.83. The number of hydrogen-bond acceptors (Lipinski definition) is 5. The van der Waals surface area contributed by atoms with Crippen LogP contribution in [-0.4, -0.2) is 77.0 Å². The average molecular weight is 597 g/mol. The van der Waals surface area contributed by atoms with Gasteiger partial charge in [0.25, 0.3) is 0 Å². The standard InChI is InChI=1S/C33H45ClN4O4/c1-4-24-12-5-6-16-37(24)17-18-38-29(31(40)36-25-13-7-9-20(2)21(25)3)33-15-14-26(42-33)27(28(33)32(38)41)30(39)35-23-11-8-10-22(34)19-23/h8,10-11,14-15,19-21,24-29H,4-7,9,12-13,16-18H2,1-3H3,(H,35,39)(H,36,40)/t20-,21+,24+,25+,26-,27+,28-,29-,33-/m0/s1. The van der Waals surface area contributed by atoms with Crippen LogP contribution in [0.2, 0.25) is 5.02 Å². The monoisotopic (exact) mass is 596 g/mol. The van der Waals surface area contributed by atoms with Gasteiger partial charge < -0.3 is 20.3 Å². The van der Waals surface area contributed by atoms with Crippen LogP contribution in [-0.2, 0) is 19.1 Å². The molecule has 0 radical (unpaired) electrons. The van der Waals surface area contributed by atoms with Crippen LogP contribution < -0.4 is 10.6 Å². The number of anilines is 1. The van der Waals surface area contributed by atoms with Gasteiger partial charge in [0.1, 0.15) is 11.6 Å². The van der Waals surface area contributed by atoms with Gasteiger partial charge in [-0.15, -0.1) is 0 Å². The number of halogens is 1. The molecule has 1 aliphatic carbocycles. The Morgan fingerprint density at radius 1 is 1.10 bits per heavy atom. The summed E-state index contributed by atoms with van der Waals surface area (Å²) in [4.78, 5) is 46.6. The van der Waals surface area contributed by atoms with Crippen LogP contribution in [0.3, 0.4) is 0 Å². The lowest BCUT2D eigenvalue weighted by molar-refractivity contribution is -0.142. The van der Waals surface area contributed by atoms with Crippen molar-refractivity contribution in [3.8, 4) is 0 Å². The SMILES string of the molecule is CC[C@@H]1CCCCN1CCN1C(=O)[C@@H]2[C@H](C(=O)Nc3cccc(Cl)c3)[C@@H]3C=C[C@@]2(O3)[C@@H]1C(=O)N[C@@H]1CCC[C@H](C)[C@H]1C. The quantitative estimate of drug-likeness (QED) is 0.427. The summed E-state index contributed by atoms with van der Waals surface area (Å²) in [6.45, 7) is 8.83. The maximum Gasteiger partial charge on any atom is 0.246 e. The van der Waals surface area contributed by atoms with Gasteiger partial charge in [-0.2, -0.15) is 0 Å². The molecule has 2 N–H and O–H groups in total. The van der Waals surface area contributed by atoms with E-state index in [4.69, 9.17) is 16.3 Å². The zero-order valence-corrected chi connectivity index (χ0v) is 25.8. The number of hydrogen-bond donors (Lipinski definition) is 2. The highest BCUT2D eigenvalue weighted by atomic mass is 35.5. The van der Waals surface area contributed by atoms with E-state index in [-0.39, 0.29) is 23.8 Å². The Hall–Kier alpha value is -2.42. The first-order valence-corrected chi connectivity index (χ1v) is 16.4. The zero-order chi connectivity index (χ0) is 29.6. The highest BCUT2D eigenvalue weighted by Crippen LogP contribution is 2.55. The van der Waals surface area contributed by atoms with Crippen molar-refractivity contribution >= 4 is 35.0 Å². The van der Waals surface area contributed by atoms with E-state index in [0.717, 1.165) is 38.6 Å². The van der Waals surface area contributed by atoms with Gasteiger partial charge in [0.2, 0.25) is 17.7 Å². The predicted molar refractivity (Wildman–Crippen MR) is 163 cm³/mol. The fourth-order valence-electron chi connectivity index (χ4n) is 8.40. The van der Waals surface area contributed by atoms with Gasteiger partial charge >= 0.3 is 0 Å². The van der Waals surface area contributed by atoms with Gasteiger partial charge in [-0.1, -0.05) is 69.9 Å². The molecule has 42 heavy (non-hydrogen) atoms. The lowest BCUT2D eigenvalue weighted by Crippen LogP contribution is -2.58. The molecule has 4 fully saturated rings. The smallest absolute Gasteiger partial charge is 0.246 e. The third kappa shape index (κ3) is 5.17. The highest BCUT2D eigenvalue weighted by Gasteiger charge is 2.72. The number of ether oxygens (including phenoxy) is 1. The number of carbonyl (C=O) groups excluding carboxylic acids is 3. The Balaban J connectivity index is 1.28. The molecular weight excluding hydrogens is 552 g/mol. The molecule has 228 valence electrons. The predicted octanol–water partition coefficient (Wildman–Crippen LogP) is 4.63. The molecule has 1 saturated carbocycles. The third-order valence-electron chi connectivity index (χ3n) is 10.9. The van der Waals surface area contributed by atoms with Crippen molar-refractivity contribution in [2.75, 3.05) is 25.0 Å². The van der Waals surface area contributed by atoms with Gasteiger partial charge in [0.15, 0.2) is 0 Å². The first-order valence-electron chi connectivity index (χ1n) is 16.0. The van der Waals surface area contributed by atoms with Gasteiger partial charge in [-0.05, 0) is 62.3 Å². The number of nitrogens with one attached hydrogen (secondary N) is 2. The minimum Gasteiger partial charge on any atom is -0.359 e. The van der Waals surface area contributed by atoms with Crippen molar-refractivity contribution in [2.45, 2.75) is 95.5 Å². The fraction of sp³-hybridized carbons (Fsp3) is 0.667.